The van der Waals surface area contributed by atoms with Crippen LogP contribution in [0.15, 0.2) is 48.5 Å². The zero-order chi connectivity index (χ0) is 21.1. The molecule has 0 saturated heterocycles. The summed E-state index contributed by atoms with van der Waals surface area (Å²) >= 11 is 6.51. The van der Waals surface area contributed by atoms with E-state index < -0.39 is 0 Å². The summed E-state index contributed by atoms with van der Waals surface area (Å²) in [6, 6.07) is 16.4. The third-order valence-electron chi connectivity index (χ3n) is 5.74. The molecule has 1 aliphatic carbocycles. The summed E-state index contributed by atoms with van der Waals surface area (Å²) in [6.07, 6.45) is 3.74. The lowest BCUT2D eigenvalue weighted by atomic mass is 10.1. The Kier molecular flexibility index (Phi) is 6.24. The van der Waals surface area contributed by atoms with Crippen LogP contribution in [0.2, 0.25) is 5.15 Å². The first-order valence-electron chi connectivity index (χ1n) is 10.6. The maximum absolute atomic E-state index is 12.9. The highest BCUT2D eigenvalue weighted by Crippen LogP contribution is 2.32. The van der Waals surface area contributed by atoms with Crippen LogP contribution in [0.3, 0.4) is 0 Å². The first-order valence-corrected chi connectivity index (χ1v) is 10.9. The van der Waals surface area contributed by atoms with Gasteiger partial charge in [-0.2, -0.15) is 0 Å². The van der Waals surface area contributed by atoms with Gasteiger partial charge in [0, 0.05) is 30.0 Å². The monoisotopic (exact) mass is 422 g/mol. The Balaban J connectivity index is 1.55. The summed E-state index contributed by atoms with van der Waals surface area (Å²) in [5, 5.41) is 1.55. The number of methoxy groups -OCH3 is 1. The zero-order valence-corrected chi connectivity index (χ0v) is 18.3. The van der Waals surface area contributed by atoms with Gasteiger partial charge in [0.05, 0.1) is 12.6 Å². The fourth-order valence-corrected chi connectivity index (χ4v) is 3.90. The minimum Gasteiger partial charge on any atom is -0.497 e. The molecule has 3 aromatic rings. The van der Waals surface area contributed by atoms with E-state index in [1.165, 1.54) is 11.1 Å². The van der Waals surface area contributed by atoms with Gasteiger partial charge >= 0.3 is 0 Å². The van der Waals surface area contributed by atoms with Gasteiger partial charge in [-0.25, -0.2) is 4.98 Å². The summed E-state index contributed by atoms with van der Waals surface area (Å²) in [4.78, 5) is 19.5. The second kappa shape index (κ2) is 9.05. The molecule has 0 bridgehead atoms. The molecule has 30 heavy (non-hydrogen) atoms. The smallest absolute Gasteiger partial charge is 0.225 e. The summed E-state index contributed by atoms with van der Waals surface area (Å²) in [7, 11) is 1.66. The Hall–Kier alpha value is -2.59. The van der Waals surface area contributed by atoms with Crippen LogP contribution in [0.25, 0.3) is 10.9 Å². The fraction of sp³-hybridized carbons (Fsp3) is 0.360. The molecule has 0 atom stereocenters. The van der Waals surface area contributed by atoms with Crippen molar-refractivity contribution in [1.29, 1.82) is 0 Å². The van der Waals surface area contributed by atoms with Crippen molar-refractivity contribution in [3.63, 3.8) is 0 Å². The van der Waals surface area contributed by atoms with E-state index in [4.69, 9.17) is 16.3 Å². The molecule has 1 aliphatic rings. The predicted octanol–water partition coefficient (Wildman–Crippen LogP) is 5.44. The van der Waals surface area contributed by atoms with Crippen molar-refractivity contribution in [1.82, 2.24) is 9.88 Å². The quantitative estimate of drug-likeness (QED) is 0.454. The molecule has 1 fully saturated rings. The molecule has 0 spiro atoms. The third-order valence-corrected chi connectivity index (χ3v) is 6.07. The SMILES string of the molecule is CCc1ccc2nc(Cl)c(CN(CCc3ccc(OC)cc3)C(=O)C3CC3)cc2c1. The van der Waals surface area contributed by atoms with Gasteiger partial charge in [-0.3, -0.25) is 4.79 Å². The topological polar surface area (TPSA) is 42.4 Å². The van der Waals surface area contributed by atoms with E-state index in [0.29, 0.717) is 18.2 Å². The van der Waals surface area contributed by atoms with E-state index in [-0.39, 0.29) is 11.8 Å². The number of benzene rings is 2. The van der Waals surface area contributed by atoms with Gasteiger partial charge in [0.1, 0.15) is 10.9 Å². The van der Waals surface area contributed by atoms with Crippen LogP contribution in [-0.4, -0.2) is 29.4 Å². The highest BCUT2D eigenvalue weighted by atomic mass is 35.5. The zero-order valence-electron chi connectivity index (χ0n) is 17.5. The van der Waals surface area contributed by atoms with Gasteiger partial charge in [0.15, 0.2) is 0 Å². The van der Waals surface area contributed by atoms with Gasteiger partial charge in [-0.1, -0.05) is 36.7 Å². The lowest BCUT2D eigenvalue weighted by Crippen LogP contribution is -2.33. The van der Waals surface area contributed by atoms with Crippen LogP contribution in [0, 0.1) is 5.92 Å². The number of ether oxygens (including phenoxy) is 1. The molecule has 4 rings (SSSR count). The molecule has 4 nitrogen and oxygen atoms in total. The molecule has 0 unspecified atom stereocenters. The van der Waals surface area contributed by atoms with E-state index in [0.717, 1.165) is 47.9 Å². The third kappa shape index (κ3) is 4.76. The van der Waals surface area contributed by atoms with Crippen LogP contribution in [0.4, 0.5) is 0 Å². The maximum atomic E-state index is 12.9. The number of aryl methyl sites for hydroxylation is 1. The first-order chi connectivity index (χ1) is 14.6. The molecule has 1 saturated carbocycles. The van der Waals surface area contributed by atoms with Gasteiger partial charge in [0.25, 0.3) is 0 Å². The van der Waals surface area contributed by atoms with Crippen molar-refractivity contribution in [2.75, 3.05) is 13.7 Å². The number of rotatable bonds is 8. The molecule has 0 aliphatic heterocycles. The van der Waals surface area contributed by atoms with E-state index in [2.05, 4.69) is 42.2 Å². The average molecular weight is 423 g/mol. The van der Waals surface area contributed by atoms with Gasteiger partial charge < -0.3 is 9.64 Å². The number of carbonyl (C=O) groups is 1. The standard InChI is InChI=1S/C25H27ClN2O2/c1-3-17-6-11-23-20(14-17)15-21(24(26)27-23)16-28(25(29)19-7-8-19)13-12-18-4-9-22(30-2)10-5-18/h4-6,9-11,14-15,19H,3,7-8,12-13,16H2,1-2H3. The number of amides is 1. The number of pyridine rings is 1. The van der Waals surface area contributed by atoms with Crippen molar-refractivity contribution in [2.24, 2.45) is 5.92 Å². The minimum absolute atomic E-state index is 0.166. The molecule has 2 aromatic carbocycles. The molecule has 1 amide bonds. The number of fused-ring (bicyclic) bond motifs is 1. The Morgan fingerprint density at radius 3 is 2.53 bits per heavy atom. The Bertz CT molecular complexity index is 1040. The fourth-order valence-electron chi connectivity index (χ4n) is 3.69. The van der Waals surface area contributed by atoms with Crippen molar-refractivity contribution in [3.05, 3.63) is 70.4 Å². The van der Waals surface area contributed by atoms with E-state index in [1.54, 1.807) is 7.11 Å². The number of nitrogens with zero attached hydrogens (tertiary/aromatic N) is 2. The summed E-state index contributed by atoms with van der Waals surface area (Å²) in [5.41, 5.74) is 4.24. The van der Waals surface area contributed by atoms with E-state index in [1.807, 2.05) is 23.1 Å². The largest absolute Gasteiger partial charge is 0.497 e. The number of halogens is 1. The van der Waals surface area contributed by atoms with Gasteiger partial charge in [0.2, 0.25) is 5.91 Å². The lowest BCUT2D eigenvalue weighted by molar-refractivity contribution is -0.133. The van der Waals surface area contributed by atoms with Crippen LogP contribution in [0.5, 0.6) is 5.75 Å². The molecule has 1 aromatic heterocycles. The minimum atomic E-state index is 0.166. The van der Waals surface area contributed by atoms with E-state index >= 15 is 0 Å². The number of hydrogen-bond acceptors (Lipinski definition) is 3. The summed E-state index contributed by atoms with van der Waals surface area (Å²) in [5.74, 6) is 1.23. The van der Waals surface area contributed by atoms with Gasteiger partial charge in [-0.15, -0.1) is 0 Å². The second-order valence-corrected chi connectivity index (χ2v) is 8.31. The first kappa shape index (κ1) is 20.7. The molecular formula is C25H27ClN2O2. The van der Waals surface area contributed by atoms with Crippen molar-refractivity contribution < 1.29 is 9.53 Å². The number of hydrogen-bond donors (Lipinski definition) is 0. The maximum Gasteiger partial charge on any atom is 0.225 e. The lowest BCUT2D eigenvalue weighted by Gasteiger charge is -2.23. The number of carbonyl (C=O) groups excluding carboxylic acids is 1. The van der Waals surface area contributed by atoms with Crippen LogP contribution in [-0.2, 0) is 24.2 Å². The van der Waals surface area contributed by atoms with E-state index in [9.17, 15) is 4.79 Å². The van der Waals surface area contributed by atoms with Crippen LogP contribution in [0.1, 0.15) is 36.5 Å². The molecule has 156 valence electrons. The average Bonchev–Trinajstić information content (AvgIpc) is 3.62. The molecule has 1 heterocycles. The molecule has 0 N–H and O–H groups in total. The Morgan fingerprint density at radius 1 is 1.13 bits per heavy atom. The predicted molar refractivity (Wildman–Crippen MR) is 121 cm³/mol. The highest BCUT2D eigenvalue weighted by molar-refractivity contribution is 6.30. The van der Waals surface area contributed by atoms with Crippen molar-refractivity contribution in [2.45, 2.75) is 39.2 Å². The summed E-state index contributed by atoms with van der Waals surface area (Å²) in [6.45, 7) is 3.29. The summed E-state index contributed by atoms with van der Waals surface area (Å²) < 4.78 is 5.23. The Labute approximate surface area is 182 Å². The molecular weight excluding hydrogens is 396 g/mol. The van der Waals surface area contributed by atoms with Crippen molar-refractivity contribution >= 4 is 28.4 Å². The van der Waals surface area contributed by atoms with Crippen LogP contribution >= 0.6 is 11.6 Å². The van der Waals surface area contributed by atoms with Crippen molar-refractivity contribution in [3.8, 4) is 5.75 Å². The molecule has 5 heteroatoms. The normalized spacial score (nSPS) is 13.4. The number of aromatic nitrogens is 1. The highest BCUT2D eigenvalue weighted by Gasteiger charge is 2.33. The second-order valence-electron chi connectivity index (χ2n) is 7.95. The Morgan fingerprint density at radius 2 is 1.87 bits per heavy atom. The van der Waals surface area contributed by atoms with Gasteiger partial charge in [-0.05, 0) is 67.1 Å². The van der Waals surface area contributed by atoms with Crippen LogP contribution < -0.4 is 4.74 Å². The molecule has 0 radical (unpaired) electrons.